The Morgan fingerprint density at radius 2 is 1.94 bits per heavy atom. The topological polar surface area (TPSA) is 55.8 Å². The van der Waals surface area contributed by atoms with E-state index in [1.165, 1.54) is 0 Å². The van der Waals surface area contributed by atoms with Gasteiger partial charge in [0.15, 0.2) is 5.78 Å². The molecule has 17 heavy (non-hydrogen) atoms. The molecule has 0 radical (unpaired) electrons. The Morgan fingerprint density at radius 3 is 2.53 bits per heavy atom. The molecule has 0 atom stereocenters. The van der Waals surface area contributed by atoms with Crippen LogP contribution in [0.25, 0.3) is 0 Å². The largest absolute Gasteiger partial charge is 0.466 e. The Balaban J connectivity index is 2.13. The number of piperidine rings is 1. The van der Waals surface area contributed by atoms with E-state index >= 15 is 0 Å². The van der Waals surface area contributed by atoms with Crippen molar-refractivity contribution in [1.82, 2.24) is 4.90 Å². The molecule has 0 amide bonds. The Morgan fingerprint density at radius 1 is 1.29 bits per heavy atom. The maximum absolute atomic E-state index is 11.4. The van der Waals surface area contributed by atoms with Crippen LogP contribution in [0.5, 0.6) is 0 Å². The normalized spacial score (nSPS) is 18.0. The van der Waals surface area contributed by atoms with Crippen LogP contribution in [0.15, 0.2) is 0 Å². The lowest BCUT2D eigenvalue weighted by molar-refractivity contribution is -0.147. The Labute approximate surface area is 102 Å². The zero-order valence-corrected chi connectivity index (χ0v) is 10.6. The van der Waals surface area contributed by atoms with Crippen molar-refractivity contribution in [3.63, 3.8) is 0 Å². The molecule has 0 aromatic rings. The highest BCUT2D eigenvalue weighted by Crippen LogP contribution is 2.12. The summed E-state index contributed by atoms with van der Waals surface area (Å²) in [4.78, 5) is 24.7. The van der Waals surface area contributed by atoms with Crippen molar-refractivity contribution < 1.29 is 19.1 Å². The summed E-state index contributed by atoms with van der Waals surface area (Å²) in [5.74, 6) is -0.674. The first-order valence-corrected chi connectivity index (χ1v) is 6.09. The average molecular weight is 243 g/mol. The molecule has 0 bridgehead atoms. The minimum absolute atomic E-state index is 0.0210. The van der Waals surface area contributed by atoms with Gasteiger partial charge in [0, 0.05) is 13.1 Å². The van der Waals surface area contributed by atoms with Crippen LogP contribution < -0.4 is 0 Å². The van der Waals surface area contributed by atoms with E-state index in [4.69, 9.17) is 9.47 Å². The second-order valence-electron chi connectivity index (χ2n) is 4.33. The number of rotatable bonds is 6. The van der Waals surface area contributed by atoms with Crippen molar-refractivity contribution in [3.05, 3.63) is 0 Å². The van der Waals surface area contributed by atoms with Gasteiger partial charge in [0.25, 0.3) is 0 Å². The number of esters is 1. The molecule has 0 aromatic heterocycles. The zero-order chi connectivity index (χ0) is 12.7. The number of nitrogens with zero attached hydrogens (tertiary/aromatic N) is 1. The molecule has 1 heterocycles. The van der Waals surface area contributed by atoms with Gasteiger partial charge in [-0.05, 0) is 26.8 Å². The number of ketones is 1. The number of carbonyl (C=O) groups is 2. The van der Waals surface area contributed by atoms with Crippen LogP contribution in [0, 0.1) is 0 Å². The first-order valence-electron chi connectivity index (χ1n) is 6.09. The van der Waals surface area contributed by atoms with E-state index in [0.29, 0.717) is 6.61 Å². The average Bonchev–Trinajstić information content (AvgIpc) is 2.28. The van der Waals surface area contributed by atoms with E-state index in [2.05, 4.69) is 11.9 Å². The highest BCUT2D eigenvalue weighted by atomic mass is 16.5. The molecule has 1 rings (SSSR count). The second kappa shape index (κ2) is 7.40. The molecule has 1 aliphatic rings. The molecule has 0 aliphatic carbocycles. The molecule has 5 nitrogen and oxygen atoms in total. The van der Waals surface area contributed by atoms with Gasteiger partial charge in [0.1, 0.15) is 13.0 Å². The van der Waals surface area contributed by atoms with Crippen molar-refractivity contribution in [2.24, 2.45) is 0 Å². The van der Waals surface area contributed by atoms with Crippen molar-refractivity contribution in [2.45, 2.75) is 32.3 Å². The summed E-state index contributed by atoms with van der Waals surface area (Å²) in [5, 5.41) is 0. The van der Waals surface area contributed by atoms with Crippen LogP contribution in [0.1, 0.15) is 26.2 Å². The molecule has 0 aromatic carbocycles. The van der Waals surface area contributed by atoms with E-state index in [1.807, 2.05) is 0 Å². The predicted molar refractivity (Wildman–Crippen MR) is 62.7 cm³/mol. The second-order valence-corrected chi connectivity index (χ2v) is 4.33. The van der Waals surface area contributed by atoms with Crippen LogP contribution >= 0.6 is 0 Å². The molecular formula is C12H21NO4. The number of hydrogen-bond donors (Lipinski definition) is 0. The van der Waals surface area contributed by atoms with Gasteiger partial charge in [0.2, 0.25) is 0 Å². The highest BCUT2D eigenvalue weighted by molar-refractivity contribution is 5.96. The summed E-state index contributed by atoms with van der Waals surface area (Å²) in [7, 11) is 2.07. The minimum Gasteiger partial charge on any atom is -0.466 e. The maximum atomic E-state index is 11.4. The van der Waals surface area contributed by atoms with Crippen LogP contribution in [0.3, 0.4) is 0 Å². The predicted octanol–water partition coefficient (Wildman–Crippen LogP) is 0.620. The lowest BCUT2D eigenvalue weighted by Gasteiger charge is -2.28. The van der Waals surface area contributed by atoms with Gasteiger partial charge in [-0.3, -0.25) is 9.59 Å². The van der Waals surface area contributed by atoms with Crippen LogP contribution in [0.4, 0.5) is 0 Å². The number of Topliss-reactive ketones (excluding diaryl/α,β-unsaturated/α-hetero) is 1. The van der Waals surface area contributed by atoms with Gasteiger partial charge >= 0.3 is 5.97 Å². The van der Waals surface area contributed by atoms with Crippen molar-refractivity contribution in [1.29, 1.82) is 0 Å². The van der Waals surface area contributed by atoms with Gasteiger partial charge < -0.3 is 14.4 Å². The van der Waals surface area contributed by atoms with Crippen molar-refractivity contribution in [2.75, 3.05) is 33.4 Å². The third-order valence-corrected chi connectivity index (χ3v) is 2.79. The number of ether oxygens (including phenoxy) is 2. The lowest BCUT2D eigenvalue weighted by Crippen LogP contribution is -2.35. The number of hydrogen-bond acceptors (Lipinski definition) is 5. The monoisotopic (exact) mass is 243 g/mol. The van der Waals surface area contributed by atoms with E-state index in [1.54, 1.807) is 6.92 Å². The lowest BCUT2D eigenvalue weighted by atomic mass is 10.1. The molecular weight excluding hydrogens is 222 g/mol. The zero-order valence-electron chi connectivity index (χ0n) is 10.6. The Kier molecular flexibility index (Phi) is 6.15. The summed E-state index contributed by atoms with van der Waals surface area (Å²) in [6.45, 7) is 4.04. The fourth-order valence-electron chi connectivity index (χ4n) is 1.79. The summed E-state index contributed by atoms with van der Waals surface area (Å²) < 4.78 is 10.2. The van der Waals surface area contributed by atoms with Crippen LogP contribution in [-0.4, -0.2) is 56.1 Å². The van der Waals surface area contributed by atoms with E-state index in [9.17, 15) is 9.59 Å². The molecule has 0 saturated carbocycles. The van der Waals surface area contributed by atoms with Gasteiger partial charge in [-0.25, -0.2) is 0 Å². The Hall–Kier alpha value is -0.940. The smallest absolute Gasteiger partial charge is 0.313 e. The molecule has 1 aliphatic heterocycles. The van der Waals surface area contributed by atoms with Crippen LogP contribution in [-0.2, 0) is 19.1 Å². The van der Waals surface area contributed by atoms with Crippen LogP contribution in [0.2, 0.25) is 0 Å². The standard InChI is InChI=1S/C12H21NO4/c1-3-16-12(15)8-10(14)9-17-11-4-6-13(2)7-5-11/h11H,3-9H2,1-2H3. The SMILES string of the molecule is CCOC(=O)CC(=O)COC1CCN(C)CC1. The fourth-order valence-corrected chi connectivity index (χ4v) is 1.79. The fraction of sp³-hybridized carbons (Fsp3) is 0.833. The van der Waals surface area contributed by atoms with Crippen molar-refractivity contribution >= 4 is 11.8 Å². The maximum Gasteiger partial charge on any atom is 0.313 e. The Bertz CT molecular complexity index is 259. The molecule has 98 valence electrons. The number of carbonyl (C=O) groups excluding carboxylic acids is 2. The van der Waals surface area contributed by atoms with Gasteiger partial charge in [-0.15, -0.1) is 0 Å². The minimum atomic E-state index is -0.468. The van der Waals surface area contributed by atoms with Gasteiger partial charge in [0.05, 0.1) is 12.7 Å². The first-order chi connectivity index (χ1) is 8.11. The summed E-state index contributed by atoms with van der Waals surface area (Å²) in [5.41, 5.74) is 0. The molecule has 0 unspecified atom stereocenters. The van der Waals surface area contributed by atoms with E-state index < -0.39 is 5.97 Å². The third-order valence-electron chi connectivity index (χ3n) is 2.79. The highest BCUT2D eigenvalue weighted by Gasteiger charge is 2.19. The first kappa shape index (κ1) is 14.1. The summed E-state index contributed by atoms with van der Waals surface area (Å²) in [6, 6.07) is 0. The van der Waals surface area contributed by atoms with Crippen molar-refractivity contribution in [3.8, 4) is 0 Å². The van der Waals surface area contributed by atoms with E-state index in [0.717, 1.165) is 25.9 Å². The quantitative estimate of drug-likeness (QED) is 0.505. The van der Waals surface area contributed by atoms with Gasteiger partial charge in [-0.1, -0.05) is 0 Å². The molecule has 1 saturated heterocycles. The summed E-state index contributed by atoms with van der Waals surface area (Å²) in [6.07, 6.45) is 1.87. The van der Waals surface area contributed by atoms with E-state index in [-0.39, 0.29) is 24.9 Å². The molecule has 1 fully saturated rings. The number of likely N-dealkylation sites (tertiary alicyclic amines) is 1. The van der Waals surface area contributed by atoms with Gasteiger partial charge in [-0.2, -0.15) is 0 Å². The molecule has 5 heteroatoms. The molecule has 0 spiro atoms. The summed E-state index contributed by atoms with van der Waals surface area (Å²) >= 11 is 0. The third kappa shape index (κ3) is 5.79. The molecule has 0 N–H and O–H groups in total.